The molecule has 3 aromatic carbocycles. The quantitative estimate of drug-likeness (QED) is 0.320. The van der Waals surface area contributed by atoms with Crippen molar-refractivity contribution in [2.75, 3.05) is 24.0 Å². The fourth-order valence-electron chi connectivity index (χ4n) is 4.34. The third-order valence-corrected chi connectivity index (χ3v) is 8.32. The predicted molar refractivity (Wildman–Crippen MR) is 158 cm³/mol. The molecule has 0 aromatic heterocycles. The van der Waals surface area contributed by atoms with Crippen LogP contribution in [0.1, 0.15) is 43.9 Å². The molecule has 8 nitrogen and oxygen atoms in total. The highest BCUT2D eigenvalue weighted by atomic mass is 32.2. The highest BCUT2D eigenvalue weighted by molar-refractivity contribution is 7.92. The Labute approximate surface area is 238 Å². The van der Waals surface area contributed by atoms with E-state index in [2.05, 4.69) is 5.32 Å². The zero-order valence-corrected chi connectivity index (χ0v) is 24.7. The Kier molecular flexibility index (Phi) is 10.7. The number of hydrogen-bond acceptors (Lipinski definition) is 5. The summed E-state index contributed by atoms with van der Waals surface area (Å²) < 4.78 is 34.5. The third-order valence-electron chi connectivity index (χ3n) is 6.53. The van der Waals surface area contributed by atoms with Crippen LogP contribution < -0.4 is 14.4 Å². The minimum Gasteiger partial charge on any atom is -0.494 e. The lowest BCUT2D eigenvalue weighted by Crippen LogP contribution is -2.52. The summed E-state index contributed by atoms with van der Waals surface area (Å²) in [6, 6.07) is 20.0. The summed E-state index contributed by atoms with van der Waals surface area (Å²) in [7, 11) is -4.12. The second kappa shape index (κ2) is 14.0. The average molecular weight is 566 g/mol. The van der Waals surface area contributed by atoms with Crippen molar-refractivity contribution < 1.29 is 22.7 Å². The molecule has 1 atom stereocenters. The fraction of sp³-hybridized carbons (Fsp3) is 0.355. The molecule has 0 spiro atoms. The van der Waals surface area contributed by atoms with Crippen molar-refractivity contribution in [2.45, 2.75) is 58.5 Å². The molecule has 0 saturated carbocycles. The summed E-state index contributed by atoms with van der Waals surface area (Å²) in [4.78, 5) is 28.6. The number of aryl methyl sites for hydroxylation is 2. The number of sulfonamides is 1. The zero-order chi connectivity index (χ0) is 29.3. The minimum absolute atomic E-state index is 0.0700. The minimum atomic E-state index is -4.12. The van der Waals surface area contributed by atoms with Crippen LogP contribution in [0.5, 0.6) is 5.75 Å². The van der Waals surface area contributed by atoms with Crippen LogP contribution in [0.3, 0.4) is 0 Å². The molecular weight excluding hydrogens is 526 g/mol. The molecule has 0 heterocycles. The summed E-state index contributed by atoms with van der Waals surface area (Å²) in [5.41, 5.74) is 3.15. The van der Waals surface area contributed by atoms with Gasteiger partial charge in [-0.2, -0.15) is 0 Å². The molecular formula is C31H39N3O5S. The van der Waals surface area contributed by atoms with Gasteiger partial charge in [0.05, 0.1) is 17.2 Å². The topological polar surface area (TPSA) is 96.0 Å². The van der Waals surface area contributed by atoms with Crippen molar-refractivity contribution in [2.24, 2.45) is 0 Å². The molecule has 0 fully saturated rings. The van der Waals surface area contributed by atoms with Gasteiger partial charge in [-0.1, -0.05) is 54.4 Å². The van der Waals surface area contributed by atoms with Gasteiger partial charge in [-0.05, 0) is 76.1 Å². The van der Waals surface area contributed by atoms with E-state index in [9.17, 15) is 18.0 Å². The van der Waals surface area contributed by atoms with Crippen molar-refractivity contribution in [3.8, 4) is 5.75 Å². The Morgan fingerprint density at radius 1 is 0.850 bits per heavy atom. The maximum absolute atomic E-state index is 14.0. The largest absolute Gasteiger partial charge is 0.494 e. The van der Waals surface area contributed by atoms with E-state index in [0.717, 1.165) is 21.0 Å². The number of carbonyl (C=O) groups excluding carboxylic acids is 2. The zero-order valence-electron chi connectivity index (χ0n) is 23.9. The van der Waals surface area contributed by atoms with Gasteiger partial charge < -0.3 is 15.0 Å². The molecule has 0 aliphatic carbocycles. The monoisotopic (exact) mass is 565 g/mol. The smallest absolute Gasteiger partial charge is 0.264 e. The molecule has 0 saturated heterocycles. The number of amides is 2. The van der Waals surface area contributed by atoms with E-state index >= 15 is 0 Å². The molecule has 3 rings (SSSR count). The van der Waals surface area contributed by atoms with Gasteiger partial charge in [0.15, 0.2) is 0 Å². The molecule has 40 heavy (non-hydrogen) atoms. The van der Waals surface area contributed by atoms with Crippen LogP contribution in [0.2, 0.25) is 0 Å². The average Bonchev–Trinajstić information content (AvgIpc) is 2.93. The van der Waals surface area contributed by atoms with Gasteiger partial charge in [0.1, 0.15) is 18.3 Å². The Morgan fingerprint density at radius 3 is 1.95 bits per heavy atom. The highest BCUT2D eigenvalue weighted by Gasteiger charge is 2.33. The Balaban J connectivity index is 2.05. The number of nitrogens with one attached hydrogen (secondary N) is 1. The van der Waals surface area contributed by atoms with Crippen LogP contribution in [-0.4, -0.2) is 50.9 Å². The van der Waals surface area contributed by atoms with E-state index < -0.39 is 28.5 Å². The van der Waals surface area contributed by atoms with E-state index in [-0.39, 0.29) is 17.3 Å². The van der Waals surface area contributed by atoms with Gasteiger partial charge in [0.2, 0.25) is 11.8 Å². The standard InChI is InChI=1S/C31H39N3O5S/c1-6-29(31(36)32-7-2)33(21-25-13-9-23(4)10-14-25)30(35)22-34(26-15-17-27(18-16-26)39-8-3)40(37,38)28-19-11-24(5)12-20-28/h9-20,29H,6-8,21-22H2,1-5H3,(H,32,36). The predicted octanol–water partition coefficient (Wildman–Crippen LogP) is 4.84. The van der Waals surface area contributed by atoms with Crippen molar-refractivity contribution in [1.82, 2.24) is 10.2 Å². The van der Waals surface area contributed by atoms with Crippen LogP contribution in [0.4, 0.5) is 5.69 Å². The van der Waals surface area contributed by atoms with Crippen LogP contribution in [0.15, 0.2) is 77.7 Å². The number of rotatable bonds is 13. The molecule has 0 radical (unpaired) electrons. The number of benzene rings is 3. The van der Waals surface area contributed by atoms with Crippen LogP contribution in [0, 0.1) is 13.8 Å². The summed E-state index contributed by atoms with van der Waals surface area (Å²) in [6.07, 6.45) is 0.372. The molecule has 3 aromatic rings. The summed E-state index contributed by atoms with van der Waals surface area (Å²) >= 11 is 0. The highest BCUT2D eigenvalue weighted by Crippen LogP contribution is 2.27. The Hall–Kier alpha value is -3.85. The first-order valence-electron chi connectivity index (χ1n) is 13.6. The van der Waals surface area contributed by atoms with Crippen molar-refractivity contribution in [3.63, 3.8) is 0 Å². The molecule has 9 heteroatoms. The molecule has 214 valence electrons. The van der Waals surface area contributed by atoms with E-state index in [1.165, 1.54) is 17.0 Å². The van der Waals surface area contributed by atoms with Crippen LogP contribution in [-0.2, 0) is 26.2 Å². The number of hydrogen-bond donors (Lipinski definition) is 1. The fourth-order valence-corrected chi connectivity index (χ4v) is 5.76. The van der Waals surface area contributed by atoms with Gasteiger partial charge in [-0.3, -0.25) is 13.9 Å². The van der Waals surface area contributed by atoms with E-state index in [1.807, 2.05) is 58.9 Å². The lowest BCUT2D eigenvalue weighted by molar-refractivity contribution is -0.140. The first kappa shape index (κ1) is 30.7. The molecule has 1 N–H and O–H groups in total. The number of anilines is 1. The van der Waals surface area contributed by atoms with Crippen LogP contribution in [0.25, 0.3) is 0 Å². The summed E-state index contributed by atoms with van der Waals surface area (Å²) in [5, 5.41) is 2.81. The van der Waals surface area contributed by atoms with E-state index in [1.54, 1.807) is 36.4 Å². The van der Waals surface area contributed by atoms with Crippen molar-refractivity contribution in [1.29, 1.82) is 0 Å². The number of carbonyl (C=O) groups is 2. The van der Waals surface area contributed by atoms with Gasteiger partial charge in [-0.15, -0.1) is 0 Å². The first-order chi connectivity index (χ1) is 19.1. The van der Waals surface area contributed by atoms with E-state index in [0.29, 0.717) is 31.0 Å². The van der Waals surface area contributed by atoms with Gasteiger partial charge in [0.25, 0.3) is 10.0 Å². The second-order valence-corrected chi connectivity index (χ2v) is 11.4. The van der Waals surface area contributed by atoms with E-state index in [4.69, 9.17) is 4.74 Å². The SMILES string of the molecule is CCNC(=O)C(CC)N(Cc1ccc(C)cc1)C(=O)CN(c1ccc(OCC)cc1)S(=O)(=O)c1ccc(C)cc1. The molecule has 2 amide bonds. The summed E-state index contributed by atoms with van der Waals surface area (Å²) in [5.74, 6) is -0.170. The third kappa shape index (κ3) is 7.63. The van der Waals surface area contributed by atoms with Gasteiger partial charge >= 0.3 is 0 Å². The molecule has 0 aliphatic rings. The maximum Gasteiger partial charge on any atom is 0.264 e. The lowest BCUT2D eigenvalue weighted by Gasteiger charge is -2.33. The van der Waals surface area contributed by atoms with Gasteiger partial charge in [0, 0.05) is 13.1 Å². The van der Waals surface area contributed by atoms with Crippen LogP contribution >= 0.6 is 0 Å². The molecule has 1 unspecified atom stereocenters. The molecule has 0 bridgehead atoms. The number of ether oxygens (including phenoxy) is 1. The maximum atomic E-state index is 14.0. The lowest BCUT2D eigenvalue weighted by atomic mass is 10.1. The molecule has 0 aliphatic heterocycles. The van der Waals surface area contributed by atoms with Crippen molar-refractivity contribution in [3.05, 3.63) is 89.5 Å². The normalized spacial score (nSPS) is 11.9. The number of likely N-dealkylation sites (N-methyl/N-ethyl adjacent to an activating group) is 1. The van der Waals surface area contributed by atoms with Crippen molar-refractivity contribution >= 4 is 27.5 Å². The number of nitrogens with zero attached hydrogens (tertiary/aromatic N) is 2. The first-order valence-corrected chi connectivity index (χ1v) is 15.0. The Morgan fingerprint density at radius 2 is 1.43 bits per heavy atom. The summed E-state index contributed by atoms with van der Waals surface area (Å²) in [6.45, 7) is 9.93. The van der Waals surface area contributed by atoms with Gasteiger partial charge in [-0.25, -0.2) is 8.42 Å². The second-order valence-electron chi connectivity index (χ2n) is 9.58. The Bertz CT molecular complexity index is 1370.